The molecule has 2 atom stereocenters. The van der Waals surface area contributed by atoms with Crippen molar-refractivity contribution in [3.8, 4) is 0 Å². The van der Waals surface area contributed by atoms with E-state index in [1.54, 1.807) is 11.8 Å². The highest BCUT2D eigenvalue weighted by Crippen LogP contribution is 2.21. The van der Waals surface area contributed by atoms with Crippen LogP contribution < -0.4 is 5.32 Å². The normalized spacial score (nSPS) is 25.2. The average Bonchev–Trinajstić information content (AvgIpc) is 2.30. The molecular formula is C12H15NO2S. The Labute approximate surface area is 99.2 Å². The van der Waals surface area contributed by atoms with E-state index < -0.39 is 5.97 Å². The molecule has 16 heavy (non-hydrogen) atoms. The molecule has 0 amide bonds. The lowest BCUT2D eigenvalue weighted by atomic mass is 10.1. The summed E-state index contributed by atoms with van der Waals surface area (Å²) in [7, 11) is 0. The molecule has 1 aromatic carbocycles. The van der Waals surface area contributed by atoms with Gasteiger partial charge in [0.2, 0.25) is 0 Å². The van der Waals surface area contributed by atoms with Crippen LogP contribution in [0.4, 0.5) is 0 Å². The third-order valence-electron chi connectivity index (χ3n) is 2.67. The van der Waals surface area contributed by atoms with E-state index in [0.717, 1.165) is 12.2 Å². The highest BCUT2D eigenvalue weighted by molar-refractivity contribution is 7.99. The van der Waals surface area contributed by atoms with E-state index in [1.807, 2.05) is 18.2 Å². The highest BCUT2D eigenvalue weighted by atomic mass is 32.2. The Morgan fingerprint density at radius 3 is 2.88 bits per heavy atom. The number of carboxylic acids is 1. The van der Waals surface area contributed by atoms with Crippen LogP contribution in [0.3, 0.4) is 0 Å². The van der Waals surface area contributed by atoms with Crippen LogP contribution in [-0.2, 0) is 11.2 Å². The van der Waals surface area contributed by atoms with Crippen LogP contribution in [0.15, 0.2) is 30.3 Å². The Bertz CT molecular complexity index is 355. The van der Waals surface area contributed by atoms with E-state index in [1.165, 1.54) is 5.56 Å². The summed E-state index contributed by atoms with van der Waals surface area (Å²) >= 11 is 1.80. The summed E-state index contributed by atoms with van der Waals surface area (Å²) in [6.07, 6.45) is 1.60. The molecule has 0 spiro atoms. The molecule has 1 aliphatic heterocycles. The Kier molecular flexibility index (Phi) is 3.85. The molecule has 0 saturated carbocycles. The van der Waals surface area contributed by atoms with Crippen LogP contribution >= 0.6 is 11.8 Å². The summed E-state index contributed by atoms with van der Waals surface area (Å²) in [6, 6.07) is 9.79. The van der Waals surface area contributed by atoms with Gasteiger partial charge in [0.15, 0.2) is 0 Å². The van der Waals surface area contributed by atoms with Gasteiger partial charge in [0, 0.05) is 0 Å². The molecule has 0 aromatic heterocycles. The standard InChI is InChI=1S/C12H15NO2S/c14-12(15)10-6-7-16-11(13-10)8-9-4-2-1-3-5-9/h1-5,10-11,13H,6-8H2,(H,14,15). The first-order chi connectivity index (χ1) is 7.75. The molecule has 1 aromatic rings. The van der Waals surface area contributed by atoms with E-state index in [9.17, 15) is 4.79 Å². The number of thioether (sulfide) groups is 1. The molecular weight excluding hydrogens is 222 g/mol. The second-order valence-corrected chi connectivity index (χ2v) is 5.21. The zero-order valence-electron chi connectivity index (χ0n) is 8.93. The SMILES string of the molecule is O=C(O)C1CCSC(Cc2ccccc2)N1. The first-order valence-corrected chi connectivity index (χ1v) is 6.45. The van der Waals surface area contributed by atoms with Gasteiger partial charge in [-0.2, -0.15) is 0 Å². The second kappa shape index (κ2) is 5.37. The van der Waals surface area contributed by atoms with E-state index in [-0.39, 0.29) is 11.4 Å². The van der Waals surface area contributed by atoms with Crippen molar-refractivity contribution in [1.82, 2.24) is 5.32 Å². The number of nitrogens with one attached hydrogen (secondary N) is 1. The molecule has 1 saturated heterocycles. The second-order valence-electron chi connectivity index (χ2n) is 3.90. The fraction of sp³-hybridized carbons (Fsp3) is 0.417. The molecule has 2 unspecified atom stereocenters. The Morgan fingerprint density at radius 1 is 1.44 bits per heavy atom. The Balaban J connectivity index is 1.93. The summed E-state index contributed by atoms with van der Waals surface area (Å²) in [6.45, 7) is 0. The number of rotatable bonds is 3. The summed E-state index contributed by atoms with van der Waals surface area (Å²) in [5.74, 6) is 0.180. The number of benzene rings is 1. The maximum absolute atomic E-state index is 10.9. The molecule has 0 bridgehead atoms. The third kappa shape index (κ3) is 3.00. The minimum atomic E-state index is -0.738. The number of carbonyl (C=O) groups is 1. The molecule has 0 radical (unpaired) electrons. The summed E-state index contributed by atoms with van der Waals surface area (Å²) < 4.78 is 0. The van der Waals surface area contributed by atoms with Crippen LogP contribution in [-0.4, -0.2) is 28.2 Å². The zero-order valence-corrected chi connectivity index (χ0v) is 9.74. The van der Waals surface area contributed by atoms with Crippen molar-refractivity contribution in [3.63, 3.8) is 0 Å². The lowest BCUT2D eigenvalue weighted by Crippen LogP contribution is -2.46. The topological polar surface area (TPSA) is 49.3 Å². The zero-order chi connectivity index (χ0) is 11.4. The van der Waals surface area contributed by atoms with Gasteiger partial charge in [-0.3, -0.25) is 10.1 Å². The molecule has 2 N–H and O–H groups in total. The molecule has 1 heterocycles. The van der Waals surface area contributed by atoms with Gasteiger partial charge >= 0.3 is 5.97 Å². The van der Waals surface area contributed by atoms with Crippen molar-refractivity contribution in [1.29, 1.82) is 0 Å². The number of hydrogen-bond donors (Lipinski definition) is 2. The van der Waals surface area contributed by atoms with Gasteiger partial charge in [0.25, 0.3) is 0 Å². The van der Waals surface area contributed by atoms with Gasteiger partial charge in [-0.15, -0.1) is 11.8 Å². The van der Waals surface area contributed by atoms with Gasteiger partial charge in [0.05, 0.1) is 5.37 Å². The summed E-state index contributed by atoms with van der Waals surface area (Å²) in [5.41, 5.74) is 1.25. The van der Waals surface area contributed by atoms with Crippen molar-refractivity contribution in [3.05, 3.63) is 35.9 Å². The van der Waals surface area contributed by atoms with Crippen molar-refractivity contribution in [2.24, 2.45) is 0 Å². The Hall–Kier alpha value is -1.00. The number of hydrogen-bond acceptors (Lipinski definition) is 3. The van der Waals surface area contributed by atoms with Crippen molar-refractivity contribution < 1.29 is 9.90 Å². The van der Waals surface area contributed by atoms with Gasteiger partial charge in [-0.05, 0) is 24.2 Å². The molecule has 0 aliphatic carbocycles. The maximum atomic E-state index is 10.9. The minimum absolute atomic E-state index is 0.220. The van der Waals surface area contributed by atoms with Gasteiger partial charge in [-0.1, -0.05) is 30.3 Å². The third-order valence-corrected chi connectivity index (χ3v) is 3.85. The highest BCUT2D eigenvalue weighted by Gasteiger charge is 2.26. The van der Waals surface area contributed by atoms with E-state index in [2.05, 4.69) is 17.4 Å². The minimum Gasteiger partial charge on any atom is -0.480 e. The van der Waals surface area contributed by atoms with Gasteiger partial charge in [-0.25, -0.2) is 0 Å². The van der Waals surface area contributed by atoms with E-state index >= 15 is 0 Å². The molecule has 4 heteroatoms. The average molecular weight is 237 g/mol. The fourth-order valence-electron chi connectivity index (χ4n) is 1.82. The van der Waals surface area contributed by atoms with Crippen LogP contribution in [0.5, 0.6) is 0 Å². The predicted molar refractivity (Wildman–Crippen MR) is 65.6 cm³/mol. The number of carboxylic acid groups (broad SMARTS) is 1. The monoisotopic (exact) mass is 237 g/mol. The molecule has 3 nitrogen and oxygen atoms in total. The van der Waals surface area contributed by atoms with Crippen LogP contribution in [0.25, 0.3) is 0 Å². The maximum Gasteiger partial charge on any atom is 0.320 e. The van der Waals surface area contributed by atoms with E-state index in [4.69, 9.17) is 5.11 Å². The molecule has 1 fully saturated rings. The Morgan fingerprint density at radius 2 is 2.19 bits per heavy atom. The largest absolute Gasteiger partial charge is 0.480 e. The predicted octanol–water partition coefficient (Wildman–Crippen LogP) is 1.73. The lowest BCUT2D eigenvalue weighted by molar-refractivity contribution is -0.139. The first-order valence-electron chi connectivity index (χ1n) is 5.40. The van der Waals surface area contributed by atoms with Crippen LogP contribution in [0, 0.1) is 0 Å². The van der Waals surface area contributed by atoms with Crippen molar-refractivity contribution >= 4 is 17.7 Å². The molecule has 1 aliphatic rings. The van der Waals surface area contributed by atoms with Crippen LogP contribution in [0.1, 0.15) is 12.0 Å². The van der Waals surface area contributed by atoms with Crippen LogP contribution in [0.2, 0.25) is 0 Å². The molecule has 2 rings (SSSR count). The quantitative estimate of drug-likeness (QED) is 0.840. The van der Waals surface area contributed by atoms with Gasteiger partial charge in [0.1, 0.15) is 6.04 Å². The summed E-state index contributed by atoms with van der Waals surface area (Å²) in [5, 5.41) is 12.3. The van der Waals surface area contributed by atoms with Crippen molar-refractivity contribution in [2.75, 3.05) is 5.75 Å². The van der Waals surface area contributed by atoms with E-state index in [0.29, 0.717) is 6.42 Å². The molecule has 86 valence electrons. The van der Waals surface area contributed by atoms with Gasteiger partial charge < -0.3 is 5.11 Å². The van der Waals surface area contributed by atoms with Crippen molar-refractivity contribution in [2.45, 2.75) is 24.3 Å². The summed E-state index contributed by atoms with van der Waals surface area (Å²) in [4.78, 5) is 10.9. The number of aliphatic carboxylic acids is 1. The first kappa shape index (κ1) is 11.5. The lowest BCUT2D eigenvalue weighted by Gasteiger charge is -2.28. The fourth-order valence-corrected chi connectivity index (χ4v) is 3.05. The smallest absolute Gasteiger partial charge is 0.320 e.